The van der Waals surface area contributed by atoms with Crippen molar-refractivity contribution in [2.45, 2.75) is 11.4 Å². The first-order valence-corrected chi connectivity index (χ1v) is 9.03. The molecule has 7 nitrogen and oxygen atoms in total. The van der Waals surface area contributed by atoms with E-state index in [2.05, 4.69) is 14.8 Å². The quantitative estimate of drug-likeness (QED) is 0.728. The Balaban J connectivity index is 1.76. The van der Waals surface area contributed by atoms with Gasteiger partial charge in [0.25, 0.3) is 0 Å². The number of aromatic nitrogens is 3. The molecule has 8 heteroatoms. The number of nitrogens with zero attached hydrogens (tertiary/aromatic N) is 3. The molecule has 0 bridgehead atoms. The van der Waals surface area contributed by atoms with E-state index < -0.39 is 10.0 Å². The summed E-state index contributed by atoms with van der Waals surface area (Å²) in [5.74, 6) is 0.489. The fraction of sp³-hybridized carbons (Fsp3) is 0.176. The molecule has 0 unspecified atom stereocenters. The van der Waals surface area contributed by atoms with Crippen LogP contribution in [0.15, 0.2) is 60.0 Å². The topological polar surface area (TPSA) is 86.1 Å². The minimum Gasteiger partial charge on any atom is -0.497 e. The van der Waals surface area contributed by atoms with Gasteiger partial charge in [0.15, 0.2) is 0 Å². The second-order valence-corrected chi connectivity index (χ2v) is 7.26. The van der Waals surface area contributed by atoms with E-state index in [-0.39, 0.29) is 11.4 Å². The zero-order valence-electron chi connectivity index (χ0n) is 13.9. The van der Waals surface area contributed by atoms with Crippen LogP contribution in [0.5, 0.6) is 5.75 Å². The van der Waals surface area contributed by atoms with Crippen LogP contribution >= 0.6 is 0 Å². The number of aryl methyl sites for hydroxylation is 1. The summed E-state index contributed by atoms with van der Waals surface area (Å²) in [6, 6.07) is 8.22. The Hall–Kier alpha value is -2.71. The lowest BCUT2D eigenvalue weighted by molar-refractivity contribution is 0.413. The van der Waals surface area contributed by atoms with E-state index in [4.69, 9.17) is 4.74 Å². The molecule has 130 valence electrons. The molecule has 0 aliphatic heterocycles. The third-order valence-electron chi connectivity index (χ3n) is 3.65. The summed E-state index contributed by atoms with van der Waals surface area (Å²) < 4.78 is 34.2. The van der Waals surface area contributed by atoms with Gasteiger partial charge in [0, 0.05) is 49.4 Å². The van der Waals surface area contributed by atoms with E-state index in [1.165, 1.54) is 19.2 Å². The molecule has 1 aromatic carbocycles. The molecule has 0 saturated carbocycles. The average Bonchev–Trinajstić information content (AvgIpc) is 3.07. The van der Waals surface area contributed by atoms with E-state index in [0.29, 0.717) is 5.75 Å². The molecular weight excluding hydrogens is 340 g/mol. The summed E-state index contributed by atoms with van der Waals surface area (Å²) in [6.45, 7) is 0.140. The standard InChI is InChI=1S/C17H18N4O3S/c1-21-12-15(11-19-21)14-6-13(8-18-10-14)9-20-25(22,23)17-5-3-4-16(7-17)24-2/h3-8,10-12,20H,9H2,1-2H3. The van der Waals surface area contributed by atoms with Crippen molar-refractivity contribution in [3.63, 3.8) is 0 Å². The molecular formula is C17H18N4O3S. The van der Waals surface area contributed by atoms with Crippen LogP contribution in [-0.4, -0.2) is 30.3 Å². The van der Waals surface area contributed by atoms with E-state index in [0.717, 1.165) is 16.7 Å². The molecule has 25 heavy (non-hydrogen) atoms. The van der Waals surface area contributed by atoms with E-state index in [1.807, 2.05) is 19.3 Å². The molecule has 0 atom stereocenters. The van der Waals surface area contributed by atoms with Crippen molar-refractivity contribution in [1.82, 2.24) is 19.5 Å². The summed E-state index contributed by atoms with van der Waals surface area (Å²) in [4.78, 5) is 4.33. The number of pyridine rings is 1. The summed E-state index contributed by atoms with van der Waals surface area (Å²) in [5, 5.41) is 4.13. The zero-order valence-corrected chi connectivity index (χ0v) is 14.7. The first-order chi connectivity index (χ1) is 12.0. The van der Waals surface area contributed by atoms with Crippen molar-refractivity contribution in [1.29, 1.82) is 0 Å². The van der Waals surface area contributed by atoms with Gasteiger partial charge in [-0.15, -0.1) is 0 Å². The van der Waals surface area contributed by atoms with Crippen molar-refractivity contribution >= 4 is 10.0 Å². The molecule has 1 N–H and O–H groups in total. The van der Waals surface area contributed by atoms with Gasteiger partial charge in [0.1, 0.15) is 5.75 Å². The molecule has 2 aromatic heterocycles. The van der Waals surface area contributed by atoms with E-state index >= 15 is 0 Å². The van der Waals surface area contributed by atoms with Crippen LogP contribution < -0.4 is 9.46 Å². The third kappa shape index (κ3) is 4.04. The van der Waals surface area contributed by atoms with E-state index in [1.54, 1.807) is 35.4 Å². The Kier molecular flexibility index (Phi) is 4.82. The van der Waals surface area contributed by atoms with Crippen LogP contribution in [0.2, 0.25) is 0 Å². The van der Waals surface area contributed by atoms with Gasteiger partial charge in [-0.25, -0.2) is 13.1 Å². The molecule has 0 radical (unpaired) electrons. The lowest BCUT2D eigenvalue weighted by Crippen LogP contribution is -2.23. The Morgan fingerprint density at radius 3 is 2.72 bits per heavy atom. The maximum absolute atomic E-state index is 12.4. The van der Waals surface area contributed by atoms with Gasteiger partial charge >= 0.3 is 0 Å². The first-order valence-electron chi connectivity index (χ1n) is 7.54. The van der Waals surface area contributed by atoms with Gasteiger partial charge < -0.3 is 4.74 Å². The predicted octanol–water partition coefficient (Wildman–Crippen LogP) is 1.97. The van der Waals surface area contributed by atoms with Crippen LogP contribution in [-0.2, 0) is 23.6 Å². The second-order valence-electron chi connectivity index (χ2n) is 5.49. The number of benzene rings is 1. The smallest absolute Gasteiger partial charge is 0.241 e. The van der Waals surface area contributed by atoms with Crippen LogP contribution in [0.4, 0.5) is 0 Å². The van der Waals surface area contributed by atoms with Crippen LogP contribution in [0.1, 0.15) is 5.56 Å². The van der Waals surface area contributed by atoms with Crippen LogP contribution in [0.25, 0.3) is 11.1 Å². The molecule has 3 aromatic rings. The largest absolute Gasteiger partial charge is 0.497 e. The molecule has 0 aliphatic rings. The molecule has 0 aliphatic carbocycles. The fourth-order valence-corrected chi connectivity index (χ4v) is 3.39. The van der Waals surface area contributed by atoms with Gasteiger partial charge in [0.2, 0.25) is 10.0 Å². The van der Waals surface area contributed by atoms with Crippen molar-refractivity contribution in [2.24, 2.45) is 7.05 Å². The average molecular weight is 358 g/mol. The fourth-order valence-electron chi connectivity index (χ4n) is 2.34. The van der Waals surface area contributed by atoms with Crippen molar-refractivity contribution in [2.75, 3.05) is 7.11 Å². The highest BCUT2D eigenvalue weighted by molar-refractivity contribution is 7.89. The molecule has 0 fully saturated rings. The molecule has 0 saturated heterocycles. The molecule has 0 amide bonds. The number of sulfonamides is 1. The SMILES string of the molecule is COc1cccc(S(=O)(=O)NCc2cncc(-c3cnn(C)c3)c2)c1. The van der Waals surface area contributed by atoms with Crippen LogP contribution in [0, 0.1) is 0 Å². The number of methoxy groups -OCH3 is 1. The van der Waals surface area contributed by atoms with Gasteiger partial charge in [-0.05, 0) is 23.8 Å². The Bertz CT molecular complexity index is 983. The number of hydrogen-bond donors (Lipinski definition) is 1. The van der Waals surface area contributed by atoms with Gasteiger partial charge in [-0.1, -0.05) is 6.07 Å². The van der Waals surface area contributed by atoms with Gasteiger partial charge in [0.05, 0.1) is 18.2 Å². The Morgan fingerprint density at radius 2 is 2.00 bits per heavy atom. The van der Waals surface area contributed by atoms with E-state index in [9.17, 15) is 8.42 Å². The van der Waals surface area contributed by atoms with Crippen molar-refractivity contribution in [3.8, 4) is 16.9 Å². The maximum atomic E-state index is 12.4. The summed E-state index contributed by atoms with van der Waals surface area (Å²) in [5.41, 5.74) is 2.56. The third-order valence-corrected chi connectivity index (χ3v) is 5.05. The van der Waals surface area contributed by atoms with Gasteiger partial charge in [-0.3, -0.25) is 9.67 Å². The normalized spacial score (nSPS) is 11.4. The number of rotatable bonds is 6. The second kappa shape index (κ2) is 7.04. The van der Waals surface area contributed by atoms with Crippen molar-refractivity contribution in [3.05, 3.63) is 60.7 Å². The molecule has 2 heterocycles. The van der Waals surface area contributed by atoms with Crippen molar-refractivity contribution < 1.29 is 13.2 Å². The number of nitrogens with one attached hydrogen (secondary N) is 1. The monoisotopic (exact) mass is 358 g/mol. The molecule has 0 spiro atoms. The minimum absolute atomic E-state index is 0.140. The highest BCUT2D eigenvalue weighted by atomic mass is 32.2. The number of ether oxygens (including phenoxy) is 1. The highest BCUT2D eigenvalue weighted by Crippen LogP contribution is 2.19. The summed E-state index contributed by atoms with van der Waals surface area (Å²) in [7, 11) is -0.308. The summed E-state index contributed by atoms with van der Waals surface area (Å²) in [6.07, 6.45) is 6.97. The molecule has 3 rings (SSSR count). The highest BCUT2D eigenvalue weighted by Gasteiger charge is 2.14. The Labute approximate surface area is 146 Å². The predicted molar refractivity (Wildman–Crippen MR) is 93.5 cm³/mol. The maximum Gasteiger partial charge on any atom is 0.241 e. The lowest BCUT2D eigenvalue weighted by Gasteiger charge is -2.09. The Morgan fingerprint density at radius 1 is 1.16 bits per heavy atom. The zero-order chi connectivity index (χ0) is 17.9. The number of hydrogen-bond acceptors (Lipinski definition) is 5. The summed E-state index contributed by atoms with van der Waals surface area (Å²) >= 11 is 0. The van der Waals surface area contributed by atoms with Crippen LogP contribution in [0.3, 0.4) is 0 Å². The van der Waals surface area contributed by atoms with Gasteiger partial charge in [-0.2, -0.15) is 5.10 Å². The minimum atomic E-state index is -3.64. The lowest BCUT2D eigenvalue weighted by atomic mass is 10.1. The first kappa shape index (κ1) is 17.1.